The molecule has 0 spiro atoms. The lowest BCUT2D eigenvalue weighted by molar-refractivity contribution is 0.460. The van der Waals surface area contributed by atoms with Gasteiger partial charge in [0.25, 0.3) is 0 Å². The van der Waals surface area contributed by atoms with Crippen molar-refractivity contribution in [3.63, 3.8) is 0 Å². The molecule has 1 saturated heterocycles. The van der Waals surface area contributed by atoms with E-state index in [0.717, 1.165) is 19.0 Å². The molecule has 1 nitrogen and oxygen atoms in total. The molecule has 1 aliphatic rings. The molecular weight excluding hydrogens is 226 g/mol. The van der Waals surface area contributed by atoms with Crippen molar-refractivity contribution in [3.8, 4) is 0 Å². The van der Waals surface area contributed by atoms with Crippen LogP contribution >= 0.6 is 15.9 Å². The Morgan fingerprint density at radius 3 is 2.69 bits per heavy atom. The van der Waals surface area contributed by atoms with E-state index in [2.05, 4.69) is 45.5 Å². The summed E-state index contributed by atoms with van der Waals surface area (Å²) in [5, 5.41) is 3.39. The van der Waals surface area contributed by atoms with Crippen molar-refractivity contribution in [1.82, 2.24) is 5.32 Å². The molecule has 1 N–H and O–H groups in total. The minimum absolute atomic E-state index is 0.763. The second kappa shape index (κ2) is 4.25. The fourth-order valence-corrected chi connectivity index (χ4v) is 2.33. The molecule has 0 amide bonds. The van der Waals surface area contributed by atoms with E-state index >= 15 is 0 Å². The monoisotopic (exact) mass is 239 g/mol. The van der Waals surface area contributed by atoms with E-state index in [1.165, 1.54) is 22.9 Å². The maximum atomic E-state index is 3.51. The third-order valence-corrected chi connectivity index (χ3v) is 3.15. The molecule has 1 aromatic carbocycles. The second-order valence-corrected chi connectivity index (χ2v) is 4.49. The molecule has 0 aromatic heterocycles. The number of benzene rings is 1. The van der Waals surface area contributed by atoms with Crippen LogP contribution in [0.5, 0.6) is 0 Å². The molecule has 1 aromatic rings. The molecule has 0 atom stereocenters. The van der Waals surface area contributed by atoms with Crippen LogP contribution in [0.15, 0.2) is 28.7 Å². The highest BCUT2D eigenvalue weighted by Crippen LogP contribution is 2.26. The fourth-order valence-electron chi connectivity index (χ4n) is 1.92. The summed E-state index contributed by atoms with van der Waals surface area (Å²) in [6, 6.07) is 8.70. The zero-order chi connectivity index (χ0) is 9.10. The van der Waals surface area contributed by atoms with Gasteiger partial charge < -0.3 is 5.32 Å². The van der Waals surface area contributed by atoms with Crippen molar-refractivity contribution in [2.45, 2.75) is 18.8 Å². The average Bonchev–Trinajstić information content (AvgIpc) is 2.19. The van der Waals surface area contributed by atoms with E-state index in [4.69, 9.17) is 0 Å². The second-order valence-electron chi connectivity index (χ2n) is 3.58. The largest absolute Gasteiger partial charge is 0.317 e. The molecule has 1 heterocycles. The summed E-state index contributed by atoms with van der Waals surface area (Å²) in [5.41, 5.74) is 1.48. The molecule has 13 heavy (non-hydrogen) atoms. The van der Waals surface area contributed by atoms with Crippen LogP contribution in [0.2, 0.25) is 0 Å². The van der Waals surface area contributed by atoms with Crippen LogP contribution in [-0.4, -0.2) is 13.1 Å². The number of piperidine rings is 1. The van der Waals surface area contributed by atoms with Gasteiger partial charge in [0.15, 0.2) is 0 Å². The minimum Gasteiger partial charge on any atom is -0.317 e. The van der Waals surface area contributed by atoms with Crippen molar-refractivity contribution in [2.75, 3.05) is 13.1 Å². The highest BCUT2D eigenvalue weighted by molar-refractivity contribution is 9.10. The summed E-state index contributed by atoms with van der Waals surface area (Å²) in [4.78, 5) is 0. The summed E-state index contributed by atoms with van der Waals surface area (Å²) in [7, 11) is 0. The first-order valence-corrected chi connectivity index (χ1v) is 5.62. The van der Waals surface area contributed by atoms with Crippen molar-refractivity contribution in [2.24, 2.45) is 0 Å². The molecule has 0 bridgehead atoms. The van der Waals surface area contributed by atoms with Crippen LogP contribution in [0.25, 0.3) is 0 Å². The minimum atomic E-state index is 0.763. The van der Waals surface area contributed by atoms with E-state index < -0.39 is 0 Å². The van der Waals surface area contributed by atoms with Crippen LogP contribution in [0.3, 0.4) is 0 Å². The number of rotatable bonds is 1. The lowest BCUT2D eigenvalue weighted by Crippen LogP contribution is -2.26. The Bertz CT molecular complexity index is 279. The van der Waals surface area contributed by atoms with Crippen LogP contribution in [0.1, 0.15) is 24.3 Å². The predicted octanol–water partition coefficient (Wildman–Crippen LogP) is 2.92. The van der Waals surface area contributed by atoms with E-state index in [1.807, 2.05) is 0 Å². The highest BCUT2D eigenvalue weighted by atomic mass is 79.9. The lowest BCUT2D eigenvalue weighted by atomic mass is 9.90. The Morgan fingerprint density at radius 1 is 1.23 bits per heavy atom. The molecule has 2 rings (SSSR count). The third-order valence-electron chi connectivity index (χ3n) is 2.66. The Balaban J connectivity index is 2.14. The van der Waals surface area contributed by atoms with E-state index in [9.17, 15) is 0 Å². The Morgan fingerprint density at radius 2 is 2.00 bits per heavy atom. The summed E-state index contributed by atoms with van der Waals surface area (Å²) >= 11 is 3.51. The van der Waals surface area contributed by atoms with Gasteiger partial charge in [-0.1, -0.05) is 28.1 Å². The summed E-state index contributed by atoms with van der Waals surface area (Å²) < 4.78 is 1.20. The molecule has 1 aliphatic heterocycles. The summed E-state index contributed by atoms with van der Waals surface area (Å²) in [5.74, 6) is 0.763. The molecule has 0 radical (unpaired) electrons. The maximum Gasteiger partial charge on any atom is 0.0178 e. The smallest absolute Gasteiger partial charge is 0.0178 e. The molecule has 2 heteroatoms. The SMILES string of the molecule is Brc1cccc(C2CCNCC2)c1. The molecular formula is C11H14BrN. The van der Waals surface area contributed by atoms with Gasteiger partial charge in [0, 0.05) is 4.47 Å². The quantitative estimate of drug-likeness (QED) is 0.795. The van der Waals surface area contributed by atoms with Crippen molar-refractivity contribution < 1.29 is 0 Å². The molecule has 70 valence electrons. The number of hydrogen-bond acceptors (Lipinski definition) is 1. The first-order valence-electron chi connectivity index (χ1n) is 4.82. The fraction of sp³-hybridized carbons (Fsp3) is 0.455. The molecule has 1 fully saturated rings. The third kappa shape index (κ3) is 2.32. The molecule has 0 aliphatic carbocycles. The Labute approximate surface area is 87.7 Å². The first-order chi connectivity index (χ1) is 6.36. The van der Waals surface area contributed by atoms with Gasteiger partial charge in [-0.3, -0.25) is 0 Å². The van der Waals surface area contributed by atoms with Gasteiger partial charge in [-0.25, -0.2) is 0 Å². The topological polar surface area (TPSA) is 12.0 Å². The number of hydrogen-bond donors (Lipinski definition) is 1. The standard InChI is InChI=1S/C11H14BrN/c12-11-3-1-2-10(8-11)9-4-6-13-7-5-9/h1-3,8-9,13H,4-7H2. The van der Waals surface area contributed by atoms with Gasteiger partial charge >= 0.3 is 0 Å². The van der Waals surface area contributed by atoms with Gasteiger partial charge in [0.2, 0.25) is 0 Å². The molecule has 0 saturated carbocycles. The van der Waals surface area contributed by atoms with E-state index in [-0.39, 0.29) is 0 Å². The average molecular weight is 240 g/mol. The van der Waals surface area contributed by atoms with E-state index in [0.29, 0.717) is 0 Å². The van der Waals surface area contributed by atoms with E-state index in [1.54, 1.807) is 0 Å². The van der Waals surface area contributed by atoms with Gasteiger partial charge in [-0.15, -0.1) is 0 Å². The van der Waals surface area contributed by atoms with Gasteiger partial charge in [-0.05, 0) is 49.5 Å². The number of halogens is 1. The van der Waals surface area contributed by atoms with Crippen LogP contribution < -0.4 is 5.32 Å². The normalized spacial score (nSPS) is 18.8. The van der Waals surface area contributed by atoms with Crippen molar-refractivity contribution >= 4 is 15.9 Å². The number of nitrogens with one attached hydrogen (secondary N) is 1. The van der Waals surface area contributed by atoms with Crippen LogP contribution in [0, 0.1) is 0 Å². The van der Waals surface area contributed by atoms with Crippen molar-refractivity contribution in [3.05, 3.63) is 34.3 Å². The van der Waals surface area contributed by atoms with Crippen molar-refractivity contribution in [1.29, 1.82) is 0 Å². The Kier molecular flexibility index (Phi) is 3.01. The zero-order valence-corrected chi connectivity index (χ0v) is 9.18. The summed E-state index contributed by atoms with van der Waals surface area (Å²) in [6.07, 6.45) is 2.55. The lowest BCUT2D eigenvalue weighted by Gasteiger charge is -2.22. The van der Waals surface area contributed by atoms with Gasteiger partial charge in [0.1, 0.15) is 0 Å². The zero-order valence-electron chi connectivity index (χ0n) is 7.59. The van der Waals surface area contributed by atoms with Crippen LogP contribution in [0.4, 0.5) is 0 Å². The Hall–Kier alpha value is -0.340. The van der Waals surface area contributed by atoms with Gasteiger partial charge in [-0.2, -0.15) is 0 Å². The summed E-state index contributed by atoms with van der Waals surface area (Å²) in [6.45, 7) is 2.33. The maximum absolute atomic E-state index is 3.51. The van der Waals surface area contributed by atoms with Gasteiger partial charge in [0.05, 0.1) is 0 Å². The first kappa shape index (κ1) is 9.22. The predicted molar refractivity (Wildman–Crippen MR) is 59.0 cm³/mol. The highest BCUT2D eigenvalue weighted by Gasteiger charge is 2.14. The van der Waals surface area contributed by atoms with Crippen LogP contribution in [-0.2, 0) is 0 Å². The molecule has 0 unspecified atom stereocenters.